The molecule has 3 nitrogen and oxygen atoms in total. The maximum absolute atomic E-state index is 6.98. The van der Waals surface area contributed by atoms with Crippen molar-refractivity contribution in [2.24, 2.45) is 0 Å². The molecule has 0 saturated carbocycles. The van der Waals surface area contributed by atoms with Crippen molar-refractivity contribution in [3.8, 4) is 39.1 Å². The highest BCUT2D eigenvalue weighted by atomic mass is 16.3. The fourth-order valence-corrected chi connectivity index (χ4v) is 11.8. The van der Waals surface area contributed by atoms with Gasteiger partial charge in [0.1, 0.15) is 11.2 Å². The lowest BCUT2D eigenvalue weighted by molar-refractivity contribution is 0.332. The van der Waals surface area contributed by atoms with Crippen LogP contribution in [0.25, 0.3) is 93.6 Å². The third-order valence-electron chi connectivity index (χ3n) is 15.4. The summed E-state index contributed by atoms with van der Waals surface area (Å²) in [5, 5.41) is 11.4. The molecule has 9 aromatic carbocycles. The summed E-state index contributed by atoms with van der Waals surface area (Å²) in [6.45, 7) is 14.0. The summed E-state index contributed by atoms with van der Waals surface area (Å²) in [4.78, 5) is 0. The summed E-state index contributed by atoms with van der Waals surface area (Å²) in [6, 6.07) is 61.4. The molecule has 0 radical (unpaired) electrons. The van der Waals surface area contributed by atoms with Gasteiger partial charge in [-0.15, -0.1) is 0 Å². The van der Waals surface area contributed by atoms with Crippen molar-refractivity contribution >= 4 is 84.1 Å². The number of anilines is 2. The molecule has 0 bridgehead atoms. The highest BCUT2D eigenvalue weighted by Gasteiger charge is 2.38. The van der Waals surface area contributed by atoms with Crippen LogP contribution in [-0.2, 0) is 10.8 Å². The van der Waals surface area contributed by atoms with Gasteiger partial charge in [0.25, 0.3) is 0 Å². The molecule has 2 aromatic heterocycles. The van der Waals surface area contributed by atoms with Gasteiger partial charge in [0.15, 0.2) is 7.28 Å². The minimum absolute atomic E-state index is 0.0672. The summed E-state index contributed by atoms with van der Waals surface area (Å²) >= 11 is 0. The molecule has 3 heterocycles. The maximum Gasteiger partial charge on any atom is 0.198 e. The van der Waals surface area contributed by atoms with E-state index in [1.165, 1.54) is 105 Å². The minimum Gasteiger partial charge on any atom is -0.456 e. The minimum atomic E-state index is 0.0672. The first-order valence-corrected chi connectivity index (χ1v) is 23.7. The van der Waals surface area contributed by atoms with E-state index >= 15 is 0 Å². The van der Waals surface area contributed by atoms with E-state index in [1.54, 1.807) is 0 Å². The van der Waals surface area contributed by atoms with Gasteiger partial charge in [-0.05, 0) is 141 Å². The topological polar surface area (TPSA) is 30.1 Å². The Morgan fingerprint density at radius 2 is 1.21 bits per heavy atom. The molecule has 0 spiro atoms. The van der Waals surface area contributed by atoms with Crippen LogP contribution in [0.1, 0.15) is 62.8 Å². The number of nitrogens with one attached hydrogen (secondary N) is 1. The predicted molar refractivity (Wildman–Crippen MR) is 283 cm³/mol. The van der Waals surface area contributed by atoms with E-state index in [0.29, 0.717) is 0 Å². The van der Waals surface area contributed by atoms with Gasteiger partial charge in [-0.3, -0.25) is 0 Å². The lowest BCUT2D eigenvalue weighted by Gasteiger charge is -2.41. The Balaban J connectivity index is 1.20. The summed E-state index contributed by atoms with van der Waals surface area (Å²) in [6.07, 6.45) is 2.31. The van der Waals surface area contributed by atoms with E-state index < -0.39 is 0 Å². The van der Waals surface area contributed by atoms with Gasteiger partial charge in [-0.25, -0.2) is 0 Å². The van der Waals surface area contributed by atoms with Crippen LogP contribution < -0.4 is 16.2 Å². The highest BCUT2D eigenvalue weighted by molar-refractivity contribution is 6.73. The van der Waals surface area contributed by atoms with E-state index in [1.807, 2.05) is 0 Å². The number of aryl methyl sites for hydroxylation is 2. The lowest BCUT2D eigenvalue weighted by Crippen LogP contribution is -2.37. The molecule has 2 aliphatic rings. The molecule has 0 atom stereocenters. The van der Waals surface area contributed by atoms with E-state index in [9.17, 15) is 0 Å². The average Bonchev–Trinajstić information content (AvgIpc) is 3.87. The second-order valence-corrected chi connectivity index (χ2v) is 20.6. The second-order valence-electron chi connectivity index (χ2n) is 20.6. The Bertz CT molecular complexity index is 3830. The lowest BCUT2D eigenvalue weighted by atomic mass is 9.58. The molecule has 4 heteroatoms. The first-order chi connectivity index (χ1) is 32.0. The van der Waals surface area contributed by atoms with Crippen molar-refractivity contribution in [1.82, 2.24) is 4.57 Å². The van der Waals surface area contributed by atoms with Crippen LogP contribution in [0.15, 0.2) is 168 Å². The zero-order valence-corrected chi connectivity index (χ0v) is 38.6. The molecule has 13 rings (SSSR count). The Hall–Kier alpha value is -7.30. The number of nitrogens with zero attached hydrogens (tertiary/aromatic N) is 1. The van der Waals surface area contributed by atoms with Crippen molar-refractivity contribution in [2.45, 2.75) is 65.2 Å². The van der Waals surface area contributed by atoms with Crippen molar-refractivity contribution < 1.29 is 4.42 Å². The smallest absolute Gasteiger partial charge is 0.198 e. The fraction of sp³-hybridized carbons (Fsp3) is 0.161. The Kier molecular flexibility index (Phi) is 8.36. The van der Waals surface area contributed by atoms with Crippen LogP contribution in [0.4, 0.5) is 11.4 Å². The van der Waals surface area contributed by atoms with Gasteiger partial charge in [0.2, 0.25) is 0 Å². The largest absolute Gasteiger partial charge is 0.456 e. The third kappa shape index (κ3) is 5.83. The monoisotopic (exact) mass is 850 g/mol. The van der Waals surface area contributed by atoms with E-state index in [-0.39, 0.29) is 10.8 Å². The first kappa shape index (κ1) is 39.1. The quantitative estimate of drug-likeness (QED) is 0.175. The molecule has 1 aliphatic carbocycles. The first-order valence-electron chi connectivity index (χ1n) is 23.7. The summed E-state index contributed by atoms with van der Waals surface area (Å²) in [5.41, 5.74) is 23.1. The third-order valence-corrected chi connectivity index (χ3v) is 15.4. The second kappa shape index (κ2) is 14.1. The average molecular weight is 851 g/mol. The molecule has 0 unspecified atom stereocenters. The zero-order chi connectivity index (χ0) is 44.6. The van der Waals surface area contributed by atoms with Gasteiger partial charge in [0.05, 0.1) is 11.2 Å². The van der Waals surface area contributed by atoms with Crippen molar-refractivity contribution in [2.75, 3.05) is 5.32 Å². The number of benzene rings is 9. The van der Waals surface area contributed by atoms with Crippen LogP contribution >= 0.6 is 0 Å². The van der Waals surface area contributed by atoms with Crippen LogP contribution in [0.5, 0.6) is 0 Å². The number of furan rings is 1. The van der Waals surface area contributed by atoms with E-state index in [2.05, 4.69) is 215 Å². The number of aromatic nitrogens is 1. The van der Waals surface area contributed by atoms with Gasteiger partial charge < -0.3 is 14.3 Å². The van der Waals surface area contributed by atoms with Gasteiger partial charge in [0, 0.05) is 50.1 Å². The normalized spacial score (nSPS) is 14.8. The van der Waals surface area contributed by atoms with E-state index in [4.69, 9.17) is 4.42 Å². The molecule has 0 amide bonds. The summed E-state index contributed by atoms with van der Waals surface area (Å²) in [7, 11) is 0.808. The van der Waals surface area contributed by atoms with E-state index in [0.717, 1.165) is 53.6 Å². The van der Waals surface area contributed by atoms with Gasteiger partial charge in [-0.2, -0.15) is 0 Å². The summed E-state index contributed by atoms with van der Waals surface area (Å²) in [5.74, 6) is 0. The Morgan fingerprint density at radius 1 is 0.530 bits per heavy atom. The molecule has 0 saturated heterocycles. The maximum atomic E-state index is 6.98. The SMILES string of the molecule is Cc1ccc(Nc2cc3oc4cc5c(cc4c3cc2-c2cc(-c3ccccc3-c3ccccc3)c3c4c6ccccc6ccc4n4c3c2Bc2cc(C)ccc2-4)C(C)(C)CCC5(C)C)cc1. The number of hydrogen-bond acceptors (Lipinski definition) is 2. The Labute approximate surface area is 387 Å². The van der Waals surface area contributed by atoms with Crippen molar-refractivity contribution in [3.05, 3.63) is 186 Å². The van der Waals surface area contributed by atoms with Crippen molar-refractivity contribution in [3.63, 3.8) is 0 Å². The molecule has 0 fully saturated rings. The van der Waals surface area contributed by atoms with Gasteiger partial charge in [-0.1, -0.05) is 153 Å². The predicted octanol–water partition coefficient (Wildman–Crippen LogP) is 15.2. The molecule has 1 N–H and O–H groups in total. The summed E-state index contributed by atoms with van der Waals surface area (Å²) < 4.78 is 9.57. The van der Waals surface area contributed by atoms with Crippen LogP contribution in [0.3, 0.4) is 0 Å². The molecule has 11 aromatic rings. The standard InChI is InChI=1S/C62H51BN2O/c1-36-20-24-40(25-21-36)64-52-35-56-45(46-33-49-50(34-55(46)66-56)62(5,6)29-28-61(49,3)4)31-44(52)48-32-47(43-19-13-12-17-41(43)38-14-8-7-9-15-38)58-57-42-18-11-10-16-39(42)23-27-54(57)65-53-26-22-37(2)30-51(53)63-59(48)60(58)65/h7-27,30-35,63-64H,28-29H2,1-6H3. The van der Waals surface area contributed by atoms with Crippen LogP contribution in [0, 0.1) is 13.8 Å². The zero-order valence-electron chi connectivity index (χ0n) is 38.6. The number of hydrogen-bond donors (Lipinski definition) is 1. The molecule has 1 aliphatic heterocycles. The van der Waals surface area contributed by atoms with Crippen LogP contribution in [0.2, 0.25) is 0 Å². The number of fused-ring (bicyclic) bond motifs is 11. The highest BCUT2D eigenvalue weighted by Crippen LogP contribution is 2.51. The molecule has 318 valence electrons. The fourth-order valence-electron chi connectivity index (χ4n) is 11.8. The molecular formula is C62H51BN2O. The van der Waals surface area contributed by atoms with Gasteiger partial charge >= 0.3 is 0 Å². The van der Waals surface area contributed by atoms with Crippen molar-refractivity contribution in [1.29, 1.82) is 0 Å². The molecular weight excluding hydrogens is 800 g/mol. The Morgan fingerprint density at radius 3 is 2.02 bits per heavy atom. The number of rotatable bonds is 5. The molecule has 66 heavy (non-hydrogen) atoms. The van der Waals surface area contributed by atoms with Crippen LogP contribution in [-0.4, -0.2) is 11.8 Å².